The fraction of sp³-hybridized carbons (Fsp3) is 0.571. The Bertz CT molecular complexity index is 551. The molecule has 0 fully saturated rings. The number of imidazole rings is 1. The lowest BCUT2D eigenvalue weighted by Gasteiger charge is -2.21. The molecule has 2 aromatic heterocycles. The van der Waals surface area contributed by atoms with Crippen LogP contribution in [0.15, 0.2) is 18.6 Å². The second kappa shape index (κ2) is 6.56. The van der Waals surface area contributed by atoms with Crippen molar-refractivity contribution in [3.8, 4) is 0 Å². The van der Waals surface area contributed by atoms with Gasteiger partial charge in [-0.1, -0.05) is 20.8 Å². The van der Waals surface area contributed by atoms with E-state index in [1.165, 1.54) is 0 Å². The van der Waals surface area contributed by atoms with Gasteiger partial charge in [-0.15, -0.1) is 0 Å². The molecule has 0 spiro atoms. The van der Waals surface area contributed by atoms with Gasteiger partial charge in [0.1, 0.15) is 5.82 Å². The average molecular weight is 277 g/mol. The highest BCUT2D eigenvalue weighted by atomic mass is 16.3. The quantitative estimate of drug-likeness (QED) is 0.721. The van der Waals surface area contributed by atoms with Crippen LogP contribution in [0.4, 0.5) is 11.6 Å². The molecule has 0 amide bonds. The summed E-state index contributed by atoms with van der Waals surface area (Å²) in [5, 5.41) is 16.0. The summed E-state index contributed by atoms with van der Waals surface area (Å²) in [5.74, 6) is 1.81. The fourth-order valence-electron chi connectivity index (χ4n) is 1.97. The lowest BCUT2D eigenvalue weighted by molar-refractivity contribution is 0.249. The second-order valence-corrected chi connectivity index (χ2v) is 5.24. The standard InChI is InChI=1S/C14H23N5O/c1-4-5-15-12-8-19-7-6-16-14(19)13(18-12)17-11(9-20)10(2)3/h6-8,10-11,15,20H,4-5,9H2,1-3H3,(H,17,18)/t11-/m1/s1. The molecule has 0 aliphatic rings. The van der Waals surface area contributed by atoms with Crippen molar-refractivity contribution in [2.45, 2.75) is 33.2 Å². The summed E-state index contributed by atoms with van der Waals surface area (Å²) in [4.78, 5) is 8.88. The molecule has 0 saturated heterocycles. The maximum absolute atomic E-state index is 9.46. The number of hydrogen-bond donors (Lipinski definition) is 3. The van der Waals surface area contributed by atoms with Crippen LogP contribution < -0.4 is 10.6 Å². The zero-order valence-corrected chi connectivity index (χ0v) is 12.3. The van der Waals surface area contributed by atoms with E-state index in [1.807, 2.05) is 16.8 Å². The van der Waals surface area contributed by atoms with E-state index in [2.05, 4.69) is 41.4 Å². The number of nitrogens with zero attached hydrogens (tertiary/aromatic N) is 3. The van der Waals surface area contributed by atoms with Crippen LogP contribution in [-0.2, 0) is 0 Å². The summed E-state index contributed by atoms with van der Waals surface area (Å²) >= 11 is 0. The van der Waals surface area contributed by atoms with Crippen LogP contribution in [-0.4, -0.2) is 38.7 Å². The van der Waals surface area contributed by atoms with Crippen LogP contribution >= 0.6 is 0 Å². The molecule has 2 rings (SSSR count). The van der Waals surface area contributed by atoms with E-state index in [1.54, 1.807) is 6.20 Å². The Morgan fingerprint density at radius 1 is 1.40 bits per heavy atom. The Morgan fingerprint density at radius 2 is 2.20 bits per heavy atom. The van der Waals surface area contributed by atoms with Crippen LogP contribution in [0.1, 0.15) is 27.2 Å². The van der Waals surface area contributed by atoms with E-state index in [0.29, 0.717) is 11.7 Å². The number of hydrogen-bond acceptors (Lipinski definition) is 5. The summed E-state index contributed by atoms with van der Waals surface area (Å²) in [5.41, 5.74) is 0.770. The number of rotatable bonds is 7. The van der Waals surface area contributed by atoms with Gasteiger partial charge in [0.25, 0.3) is 0 Å². The van der Waals surface area contributed by atoms with Crippen LogP contribution in [0.25, 0.3) is 5.65 Å². The highest BCUT2D eigenvalue weighted by Crippen LogP contribution is 2.19. The molecule has 2 heterocycles. The Morgan fingerprint density at radius 3 is 2.85 bits per heavy atom. The summed E-state index contributed by atoms with van der Waals surface area (Å²) in [7, 11) is 0. The zero-order valence-electron chi connectivity index (χ0n) is 12.3. The third kappa shape index (κ3) is 3.19. The summed E-state index contributed by atoms with van der Waals surface area (Å²) < 4.78 is 1.93. The first-order chi connectivity index (χ1) is 9.65. The van der Waals surface area contributed by atoms with Crippen molar-refractivity contribution in [3.05, 3.63) is 18.6 Å². The van der Waals surface area contributed by atoms with E-state index in [4.69, 9.17) is 0 Å². The van der Waals surface area contributed by atoms with E-state index in [9.17, 15) is 5.11 Å². The molecule has 0 saturated carbocycles. The first kappa shape index (κ1) is 14.6. The minimum atomic E-state index is -0.0376. The van der Waals surface area contributed by atoms with Gasteiger partial charge in [-0.3, -0.25) is 0 Å². The maximum Gasteiger partial charge on any atom is 0.180 e. The molecule has 1 atom stereocenters. The van der Waals surface area contributed by atoms with Crippen LogP contribution in [0, 0.1) is 5.92 Å². The Balaban J connectivity index is 2.31. The smallest absolute Gasteiger partial charge is 0.180 e. The van der Waals surface area contributed by atoms with Crippen molar-refractivity contribution in [2.75, 3.05) is 23.8 Å². The molecule has 3 N–H and O–H groups in total. The molecule has 6 heteroatoms. The lowest BCUT2D eigenvalue weighted by atomic mass is 10.1. The van der Waals surface area contributed by atoms with Crippen molar-refractivity contribution in [1.82, 2.24) is 14.4 Å². The SMILES string of the molecule is CCCNc1cn2ccnc2c(N[C@H](CO)C(C)C)n1. The van der Waals surface area contributed by atoms with Gasteiger partial charge in [0.05, 0.1) is 18.8 Å². The third-order valence-electron chi connectivity index (χ3n) is 3.25. The molecule has 110 valence electrons. The Labute approximate surface area is 119 Å². The number of fused-ring (bicyclic) bond motifs is 1. The van der Waals surface area contributed by atoms with Crippen LogP contribution in [0.2, 0.25) is 0 Å². The summed E-state index contributed by atoms with van der Waals surface area (Å²) in [6.45, 7) is 7.19. The van der Waals surface area contributed by atoms with Gasteiger partial charge in [-0.05, 0) is 12.3 Å². The van der Waals surface area contributed by atoms with Crippen LogP contribution in [0.5, 0.6) is 0 Å². The van der Waals surface area contributed by atoms with Gasteiger partial charge in [0.2, 0.25) is 0 Å². The fourth-order valence-corrected chi connectivity index (χ4v) is 1.97. The van der Waals surface area contributed by atoms with Crippen molar-refractivity contribution in [2.24, 2.45) is 5.92 Å². The van der Waals surface area contributed by atoms with E-state index in [0.717, 1.165) is 24.4 Å². The van der Waals surface area contributed by atoms with Gasteiger partial charge in [-0.2, -0.15) is 0 Å². The Hall–Kier alpha value is -1.82. The molecule has 0 bridgehead atoms. The van der Waals surface area contributed by atoms with Crippen LogP contribution in [0.3, 0.4) is 0 Å². The first-order valence-electron chi connectivity index (χ1n) is 7.10. The van der Waals surface area contributed by atoms with Gasteiger partial charge < -0.3 is 20.1 Å². The number of aliphatic hydroxyl groups excluding tert-OH is 1. The molecule has 0 aliphatic carbocycles. The van der Waals surface area contributed by atoms with Crippen molar-refractivity contribution >= 4 is 17.3 Å². The molecule has 6 nitrogen and oxygen atoms in total. The van der Waals surface area contributed by atoms with Gasteiger partial charge in [0, 0.05) is 18.9 Å². The summed E-state index contributed by atoms with van der Waals surface area (Å²) in [6, 6.07) is -0.0376. The van der Waals surface area contributed by atoms with E-state index < -0.39 is 0 Å². The summed E-state index contributed by atoms with van der Waals surface area (Å²) in [6.07, 6.45) is 6.60. The minimum absolute atomic E-state index is 0.0376. The van der Waals surface area contributed by atoms with Crippen molar-refractivity contribution < 1.29 is 5.11 Å². The maximum atomic E-state index is 9.46. The molecule has 20 heavy (non-hydrogen) atoms. The molecule has 0 aliphatic heterocycles. The topological polar surface area (TPSA) is 74.5 Å². The predicted molar refractivity (Wildman–Crippen MR) is 81.1 cm³/mol. The van der Waals surface area contributed by atoms with E-state index >= 15 is 0 Å². The van der Waals surface area contributed by atoms with Gasteiger partial charge in [-0.25, -0.2) is 9.97 Å². The third-order valence-corrected chi connectivity index (χ3v) is 3.25. The number of aliphatic hydroxyl groups is 1. The Kier molecular flexibility index (Phi) is 4.79. The molecular weight excluding hydrogens is 254 g/mol. The minimum Gasteiger partial charge on any atom is -0.394 e. The highest BCUT2D eigenvalue weighted by Gasteiger charge is 2.15. The number of nitrogens with one attached hydrogen (secondary N) is 2. The van der Waals surface area contributed by atoms with E-state index in [-0.39, 0.29) is 12.6 Å². The van der Waals surface area contributed by atoms with Gasteiger partial charge >= 0.3 is 0 Å². The second-order valence-electron chi connectivity index (χ2n) is 5.24. The van der Waals surface area contributed by atoms with Crippen molar-refractivity contribution in [1.29, 1.82) is 0 Å². The molecule has 0 radical (unpaired) electrons. The monoisotopic (exact) mass is 277 g/mol. The normalized spacial score (nSPS) is 12.8. The molecule has 2 aromatic rings. The molecule has 0 aromatic carbocycles. The molecular formula is C14H23N5O. The average Bonchev–Trinajstić information content (AvgIpc) is 2.90. The first-order valence-corrected chi connectivity index (χ1v) is 7.10. The predicted octanol–water partition coefficient (Wildman–Crippen LogP) is 1.98. The molecule has 0 unspecified atom stereocenters. The highest BCUT2D eigenvalue weighted by molar-refractivity contribution is 5.65. The van der Waals surface area contributed by atoms with Crippen molar-refractivity contribution in [3.63, 3.8) is 0 Å². The number of aromatic nitrogens is 3. The zero-order chi connectivity index (χ0) is 14.5. The largest absolute Gasteiger partial charge is 0.394 e. The van der Waals surface area contributed by atoms with Gasteiger partial charge in [0.15, 0.2) is 11.5 Å². The lowest BCUT2D eigenvalue weighted by Crippen LogP contribution is -2.30. The number of anilines is 2.